The average Bonchev–Trinajstić information content (AvgIpc) is 2.97. The second-order valence-electron chi connectivity index (χ2n) is 5.88. The average molecular weight is 380 g/mol. The Balaban J connectivity index is 1.66. The normalized spacial score (nSPS) is 13.5. The molecule has 7 nitrogen and oxygen atoms in total. The molecule has 25 heavy (non-hydrogen) atoms. The molecular weight excluding hydrogens is 358 g/mol. The number of aromatic nitrogens is 2. The zero-order valence-electron chi connectivity index (χ0n) is 14.1. The topological polar surface area (TPSA) is 110 Å². The van der Waals surface area contributed by atoms with Crippen LogP contribution < -0.4 is 16.4 Å². The van der Waals surface area contributed by atoms with Gasteiger partial charge in [0.2, 0.25) is 5.91 Å². The summed E-state index contributed by atoms with van der Waals surface area (Å²) in [7, 11) is 0. The Morgan fingerprint density at radius 2 is 2.08 bits per heavy atom. The fourth-order valence-electron chi connectivity index (χ4n) is 2.81. The summed E-state index contributed by atoms with van der Waals surface area (Å²) in [4.78, 5) is 34.4. The number of urea groups is 1. The van der Waals surface area contributed by atoms with Gasteiger partial charge in [-0.05, 0) is 37.7 Å². The molecule has 0 radical (unpaired) electrons. The van der Waals surface area contributed by atoms with Crippen LogP contribution in [0.3, 0.4) is 0 Å². The molecule has 0 unspecified atom stereocenters. The molecule has 0 saturated heterocycles. The summed E-state index contributed by atoms with van der Waals surface area (Å²) in [5, 5.41) is 6.32. The first-order chi connectivity index (χ1) is 12.1. The third kappa shape index (κ3) is 4.21. The summed E-state index contributed by atoms with van der Waals surface area (Å²) < 4.78 is 0. The molecular formula is C16H21N5O2S2. The van der Waals surface area contributed by atoms with E-state index in [1.807, 2.05) is 6.92 Å². The van der Waals surface area contributed by atoms with Crippen molar-refractivity contribution in [2.75, 3.05) is 18.0 Å². The van der Waals surface area contributed by atoms with E-state index in [9.17, 15) is 9.59 Å². The summed E-state index contributed by atoms with van der Waals surface area (Å²) in [6.45, 7) is 2.48. The van der Waals surface area contributed by atoms with Crippen LogP contribution >= 0.6 is 23.1 Å². The van der Waals surface area contributed by atoms with Gasteiger partial charge in [0.05, 0.1) is 11.1 Å². The van der Waals surface area contributed by atoms with Gasteiger partial charge in [-0.1, -0.05) is 18.7 Å². The minimum absolute atomic E-state index is 0.0651. The van der Waals surface area contributed by atoms with Crippen LogP contribution in [0.5, 0.6) is 0 Å². The van der Waals surface area contributed by atoms with Gasteiger partial charge in [0.25, 0.3) is 0 Å². The number of carbonyl (C=O) groups is 2. The van der Waals surface area contributed by atoms with Crippen LogP contribution in [0, 0.1) is 0 Å². The second kappa shape index (κ2) is 8.01. The Labute approximate surface area is 154 Å². The van der Waals surface area contributed by atoms with E-state index in [1.54, 1.807) is 11.3 Å². The predicted octanol–water partition coefficient (Wildman–Crippen LogP) is 2.48. The van der Waals surface area contributed by atoms with Gasteiger partial charge in [-0.25, -0.2) is 14.8 Å². The smallest absolute Gasteiger partial charge is 0.321 e. The summed E-state index contributed by atoms with van der Waals surface area (Å²) in [6, 6.07) is -0.478. The number of nitrogens with two attached hydrogens (primary N) is 1. The van der Waals surface area contributed by atoms with Gasteiger partial charge in [-0.15, -0.1) is 11.3 Å². The van der Waals surface area contributed by atoms with Crippen LogP contribution in [0.4, 0.5) is 10.6 Å². The van der Waals surface area contributed by atoms with E-state index in [-0.39, 0.29) is 11.7 Å². The van der Waals surface area contributed by atoms with Crippen LogP contribution in [0.25, 0.3) is 10.2 Å². The number of nitrogen functional groups attached to an aromatic ring is 1. The van der Waals surface area contributed by atoms with Crippen LogP contribution in [0.1, 0.15) is 36.6 Å². The number of hydrogen-bond acceptors (Lipinski definition) is 7. The van der Waals surface area contributed by atoms with E-state index in [4.69, 9.17) is 5.73 Å². The van der Waals surface area contributed by atoms with E-state index >= 15 is 0 Å². The van der Waals surface area contributed by atoms with E-state index in [0.717, 1.165) is 29.5 Å². The quantitative estimate of drug-likeness (QED) is 0.544. The lowest BCUT2D eigenvalue weighted by atomic mass is 9.97. The van der Waals surface area contributed by atoms with Gasteiger partial charge in [-0.2, -0.15) is 0 Å². The monoisotopic (exact) mass is 379 g/mol. The van der Waals surface area contributed by atoms with Crippen LogP contribution in [0.15, 0.2) is 5.16 Å². The number of nitrogens with zero attached hydrogens (tertiary/aromatic N) is 2. The lowest BCUT2D eigenvalue weighted by Crippen LogP contribution is -2.40. The molecule has 2 heterocycles. The molecule has 2 aromatic rings. The second-order valence-corrected chi connectivity index (χ2v) is 7.90. The molecule has 0 bridgehead atoms. The number of rotatable bonds is 5. The van der Waals surface area contributed by atoms with Crippen LogP contribution in [-0.2, 0) is 17.6 Å². The molecule has 9 heteroatoms. The number of amides is 3. The van der Waals surface area contributed by atoms with Crippen molar-refractivity contribution < 1.29 is 9.59 Å². The van der Waals surface area contributed by atoms with Crippen molar-refractivity contribution in [2.45, 2.75) is 44.2 Å². The fourth-order valence-corrected chi connectivity index (χ4v) is 4.78. The van der Waals surface area contributed by atoms with E-state index < -0.39 is 6.03 Å². The third-order valence-electron chi connectivity index (χ3n) is 3.94. The van der Waals surface area contributed by atoms with E-state index in [2.05, 4.69) is 20.6 Å². The molecule has 3 rings (SSSR count). The van der Waals surface area contributed by atoms with Gasteiger partial charge in [-0.3, -0.25) is 10.1 Å². The van der Waals surface area contributed by atoms with Gasteiger partial charge < -0.3 is 11.1 Å². The molecule has 3 amide bonds. The van der Waals surface area contributed by atoms with Crippen molar-refractivity contribution in [1.82, 2.24) is 20.6 Å². The van der Waals surface area contributed by atoms with Gasteiger partial charge in [0.1, 0.15) is 10.6 Å². The highest BCUT2D eigenvalue weighted by atomic mass is 32.2. The lowest BCUT2D eigenvalue weighted by Gasteiger charge is -2.10. The molecule has 0 aliphatic heterocycles. The fraction of sp³-hybridized carbons (Fsp3) is 0.500. The van der Waals surface area contributed by atoms with Crippen LogP contribution in [-0.4, -0.2) is 34.2 Å². The maximum absolute atomic E-state index is 11.8. The van der Waals surface area contributed by atoms with Crippen molar-refractivity contribution in [3.05, 3.63) is 10.4 Å². The van der Waals surface area contributed by atoms with Crippen molar-refractivity contribution in [2.24, 2.45) is 0 Å². The zero-order valence-corrected chi connectivity index (χ0v) is 15.7. The third-order valence-corrected chi connectivity index (χ3v) is 5.98. The molecule has 0 atom stereocenters. The maximum atomic E-state index is 11.8. The van der Waals surface area contributed by atoms with Gasteiger partial charge >= 0.3 is 6.03 Å². The highest BCUT2D eigenvalue weighted by Crippen LogP contribution is 2.38. The first kappa shape index (κ1) is 17.9. The molecule has 1 aliphatic rings. The number of imide groups is 1. The number of fused-ring (bicyclic) bond motifs is 3. The number of aryl methyl sites for hydroxylation is 2. The number of thioether (sulfide) groups is 1. The number of carbonyl (C=O) groups excluding carboxylic acids is 2. The molecule has 4 N–H and O–H groups in total. The number of thiophene rings is 1. The molecule has 0 aromatic carbocycles. The minimum atomic E-state index is -0.478. The molecule has 0 fully saturated rings. The molecule has 0 saturated carbocycles. The standard InChI is InChI=1S/C16H21N5O2S2/c1-2-7-18-15(23)19-11(22)8-24-16-20-13(17)12-9-5-3-4-6-10(9)25-14(12)21-16/h2-8H2,1H3,(H2,17,20,21)(H2,18,19,22,23). The van der Waals surface area contributed by atoms with Gasteiger partial charge in [0.15, 0.2) is 5.16 Å². The highest BCUT2D eigenvalue weighted by Gasteiger charge is 2.20. The summed E-state index contributed by atoms with van der Waals surface area (Å²) in [5.41, 5.74) is 7.44. The number of nitrogens with one attached hydrogen (secondary N) is 2. The number of hydrogen-bond donors (Lipinski definition) is 3. The Morgan fingerprint density at radius 1 is 1.28 bits per heavy atom. The number of anilines is 1. The first-order valence-electron chi connectivity index (χ1n) is 8.36. The minimum Gasteiger partial charge on any atom is -0.383 e. The largest absolute Gasteiger partial charge is 0.383 e. The van der Waals surface area contributed by atoms with Crippen molar-refractivity contribution in [3.63, 3.8) is 0 Å². The van der Waals surface area contributed by atoms with Crippen molar-refractivity contribution >= 4 is 51.1 Å². The lowest BCUT2D eigenvalue weighted by molar-refractivity contribution is -0.117. The Bertz CT molecular complexity index is 805. The summed E-state index contributed by atoms with van der Waals surface area (Å²) >= 11 is 2.85. The Kier molecular flexibility index (Phi) is 5.74. The first-order valence-corrected chi connectivity index (χ1v) is 10.2. The van der Waals surface area contributed by atoms with Crippen molar-refractivity contribution in [3.8, 4) is 0 Å². The molecule has 0 spiro atoms. The van der Waals surface area contributed by atoms with E-state index in [0.29, 0.717) is 17.5 Å². The van der Waals surface area contributed by atoms with E-state index in [1.165, 1.54) is 35.0 Å². The molecule has 134 valence electrons. The Hall–Kier alpha value is -1.87. The Morgan fingerprint density at radius 3 is 2.88 bits per heavy atom. The van der Waals surface area contributed by atoms with Gasteiger partial charge in [0, 0.05) is 11.4 Å². The maximum Gasteiger partial charge on any atom is 0.321 e. The summed E-state index contributed by atoms with van der Waals surface area (Å²) in [5.74, 6) is 0.162. The van der Waals surface area contributed by atoms with Crippen molar-refractivity contribution in [1.29, 1.82) is 0 Å². The molecule has 1 aliphatic carbocycles. The zero-order chi connectivity index (χ0) is 17.8. The SMILES string of the molecule is CCCNC(=O)NC(=O)CSc1nc(N)c2c3c(sc2n1)CCCC3. The highest BCUT2D eigenvalue weighted by molar-refractivity contribution is 7.99. The molecule has 2 aromatic heterocycles. The van der Waals surface area contributed by atoms with Crippen LogP contribution in [0.2, 0.25) is 0 Å². The summed E-state index contributed by atoms with van der Waals surface area (Å²) in [6.07, 6.45) is 5.30. The predicted molar refractivity (Wildman–Crippen MR) is 101 cm³/mol.